The van der Waals surface area contributed by atoms with Crippen LogP contribution in [-0.4, -0.2) is 43.5 Å². The highest BCUT2D eigenvalue weighted by molar-refractivity contribution is 7.10. The smallest absolute Gasteiger partial charge is 0.247 e. The zero-order chi connectivity index (χ0) is 26.9. The van der Waals surface area contributed by atoms with Crippen LogP contribution in [0.2, 0.25) is 0 Å². The van der Waals surface area contributed by atoms with Crippen molar-refractivity contribution in [3.05, 3.63) is 81.8 Å². The first-order valence-electron chi connectivity index (χ1n) is 13.1. The molecule has 1 aliphatic rings. The molecule has 1 N–H and O–H groups in total. The summed E-state index contributed by atoms with van der Waals surface area (Å²) in [7, 11) is 3.17. The summed E-state index contributed by atoms with van der Waals surface area (Å²) in [6.07, 6.45) is 5.87. The number of halogens is 1. The van der Waals surface area contributed by atoms with Gasteiger partial charge in [-0.1, -0.05) is 43.5 Å². The fraction of sp³-hybridized carbons (Fsp3) is 0.400. The lowest BCUT2D eigenvalue weighted by Gasteiger charge is -2.33. The van der Waals surface area contributed by atoms with Crippen molar-refractivity contribution in [1.29, 1.82) is 0 Å². The van der Waals surface area contributed by atoms with Crippen molar-refractivity contribution in [3.63, 3.8) is 0 Å². The van der Waals surface area contributed by atoms with Crippen molar-refractivity contribution < 1.29 is 23.5 Å². The predicted octanol–water partition coefficient (Wildman–Crippen LogP) is 5.71. The number of ether oxygens (including phenoxy) is 2. The highest BCUT2D eigenvalue weighted by atomic mass is 32.1. The van der Waals surface area contributed by atoms with Gasteiger partial charge in [0.15, 0.2) is 11.5 Å². The molecule has 1 aromatic heterocycles. The maximum Gasteiger partial charge on any atom is 0.247 e. The topological polar surface area (TPSA) is 67.9 Å². The highest BCUT2D eigenvalue weighted by Crippen LogP contribution is 2.29. The van der Waals surface area contributed by atoms with E-state index in [-0.39, 0.29) is 30.1 Å². The van der Waals surface area contributed by atoms with Crippen LogP contribution in [0.1, 0.15) is 54.1 Å². The van der Waals surface area contributed by atoms with Gasteiger partial charge in [-0.25, -0.2) is 4.39 Å². The first-order chi connectivity index (χ1) is 18.5. The molecule has 0 bridgehead atoms. The molecule has 0 saturated heterocycles. The minimum absolute atomic E-state index is 0.0827. The predicted molar refractivity (Wildman–Crippen MR) is 147 cm³/mol. The quantitative estimate of drug-likeness (QED) is 0.340. The van der Waals surface area contributed by atoms with E-state index in [9.17, 15) is 14.0 Å². The van der Waals surface area contributed by atoms with Gasteiger partial charge in [0.2, 0.25) is 11.8 Å². The molecular formula is C30H35FN2O4S. The number of hydrogen-bond acceptors (Lipinski definition) is 5. The van der Waals surface area contributed by atoms with Crippen molar-refractivity contribution in [2.45, 2.75) is 57.0 Å². The molecule has 202 valence electrons. The van der Waals surface area contributed by atoms with Gasteiger partial charge in [0.05, 0.1) is 20.6 Å². The summed E-state index contributed by atoms with van der Waals surface area (Å²) in [5.41, 5.74) is 1.54. The number of thiophene rings is 1. The molecule has 4 rings (SSSR count). The molecular weight excluding hydrogens is 503 g/mol. The van der Waals surface area contributed by atoms with Crippen LogP contribution in [0, 0.1) is 5.82 Å². The van der Waals surface area contributed by atoms with E-state index in [2.05, 4.69) is 5.32 Å². The second kappa shape index (κ2) is 13.4. The summed E-state index contributed by atoms with van der Waals surface area (Å²) >= 11 is 1.51. The Kier molecular flexibility index (Phi) is 9.76. The number of carbonyl (C=O) groups excluding carboxylic acids is 2. The van der Waals surface area contributed by atoms with E-state index in [0.29, 0.717) is 30.0 Å². The number of amides is 2. The Balaban J connectivity index is 1.65. The number of benzene rings is 2. The van der Waals surface area contributed by atoms with E-state index in [0.717, 1.165) is 36.1 Å². The molecule has 1 heterocycles. The molecule has 1 fully saturated rings. The van der Waals surface area contributed by atoms with Crippen LogP contribution in [0.5, 0.6) is 11.5 Å². The lowest BCUT2D eigenvalue weighted by Crippen LogP contribution is -2.48. The molecule has 1 aliphatic carbocycles. The standard InChI is InChI=1S/C30H35FN2O4S/c1-36-26-15-10-21(19-27(26)37-2)16-17-33(28(34)20-25-9-6-18-38-25)29(22-11-13-23(31)14-12-22)30(35)32-24-7-4-3-5-8-24/h6,9-15,18-19,24,29H,3-5,7-8,16-17,20H2,1-2H3,(H,32,35)/t29-/m0/s1. The molecule has 38 heavy (non-hydrogen) atoms. The average molecular weight is 539 g/mol. The molecule has 0 radical (unpaired) electrons. The fourth-order valence-electron chi connectivity index (χ4n) is 4.99. The minimum Gasteiger partial charge on any atom is -0.493 e. The Bertz CT molecular complexity index is 1190. The Morgan fingerprint density at radius 3 is 2.42 bits per heavy atom. The van der Waals surface area contributed by atoms with Gasteiger partial charge in [-0.15, -0.1) is 11.3 Å². The summed E-state index contributed by atoms with van der Waals surface area (Å²) in [6.45, 7) is 0.305. The number of rotatable bonds is 11. The summed E-state index contributed by atoms with van der Waals surface area (Å²) in [4.78, 5) is 30.1. The Labute approximate surface area is 227 Å². The van der Waals surface area contributed by atoms with E-state index in [1.807, 2.05) is 35.7 Å². The van der Waals surface area contributed by atoms with Crippen molar-refractivity contribution in [3.8, 4) is 11.5 Å². The van der Waals surface area contributed by atoms with Crippen LogP contribution in [-0.2, 0) is 22.4 Å². The average Bonchev–Trinajstić information content (AvgIpc) is 3.45. The summed E-state index contributed by atoms with van der Waals surface area (Å²) in [5.74, 6) is 0.461. The maximum absolute atomic E-state index is 13.8. The molecule has 8 heteroatoms. The normalized spacial score (nSPS) is 14.5. The van der Waals surface area contributed by atoms with Gasteiger partial charge < -0.3 is 19.7 Å². The largest absolute Gasteiger partial charge is 0.493 e. The van der Waals surface area contributed by atoms with E-state index in [4.69, 9.17) is 9.47 Å². The van der Waals surface area contributed by atoms with Crippen LogP contribution >= 0.6 is 11.3 Å². The first kappa shape index (κ1) is 27.6. The number of nitrogens with zero attached hydrogens (tertiary/aromatic N) is 1. The van der Waals surface area contributed by atoms with Gasteiger partial charge in [0, 0.05) is 17.5 Å². The van der Waals surface area contributed by atoms with Gasteiger partial charge in [0.25, 0.3) is 0 Å². The molecule has 1 atom stereocenters. The summed E-state index contributed by atoms with van der Waals surface area (Å²) < 4.78 is 24.6. The van der Waals surface area contributed by atoms with Crippen molar-refractivity contribution in [2.75, 3.05) is 20.8 Å². The minimum atomic E-state index is -0.870. The third-order valence-electron chi connectivity index (χ3n) is 7.01. The molecule has 6 nitrogen and oxygen atoms in total. The monoisotopic (exact) mass is 538 g/mol. The van der Waals surface area contributed by atoms with E-state index in [1.165, 1.54) is 29.9 Å². The zero-order valence-corrected chi connectivity index (χ0v) is 22.8. The molecule has 0 unspecified atom stereocenters. The van der Waals surface area contributed by atoms with Gasteiger partial charge in [0.1, 0.15) is 11.9 Å². The molecule has 0 spiro atoms. The molecule has 3 aromatic rings. The second-order valence-corrected chi connectivity index (χ2v) is 10.6. The number of methoxy groups -OCH3 is 2. The Hall–Kier alpha value is -3.39. The Morgan fingerprint density at radius 2 is 1.76 bits per heavy atom. The third-order valence-corrected chi connectivity index (χ3v) is 7.89. The van der Waals surface area contributed by atoms with Crippen LogP contribution in [0.3, 0.4) is 0 Å². The van der Waals surface area contributed by atoms with Crippen molar-refractivity contribution in [2.24, 2.45) is 0 Å². The molecule has 2 aromatic carbocycles. The number of nitrogens with one attached hydrogen (secondary N) is 1. The maximum atomic E-state index is 13.8. The van der Waals surface area contributed by atoms with Crippen LogP contribution < -0.4 is 14.8 Å². The van der Waals surface area contributed by atoms with Gasteiger partial charge in [-0.3, -0.25) is 9.59 Å². The molecule has 0 aliphatic heterocycles. The fourth-order valence-corrected chi connectivity index (χ4v) is 5.69. The lowest BCUT2D eigenvalue weighted by atomic mass is 9.94. The van der Waals surface area contributed by atoms with Gasteiger partial charge >= 0.3 is 0 Å². The molecule has 1 saturated carbocycles. The highest BCUT2D eigenvalue weighted by Gasteiger charge is 2.33. The third kappa shape index (κ3) is 7.13. The summed E-state index contributed by atoms with van der Waals surface area (Å²) in [5, 5.41) is 5.13. The van der Waals surface area contributed by atoms with E-state index in [1.54, 1.807) is 31.3 Å². The summed E-state index contributed by atoms with van der Waals surface area (Å²) in [6, 6.07) is 14.6. The molecule has 2 amide bonds. The van der Waals surface area contributed by atoms with E-state index >= 15 is 0 Å². The SMILES string of the molecule is COc1ccc(CCN(C(=O)Cc2cccs2)[C@H](C(=O)NC2CCCCC2)c2ccc(F)cc2)cc1OC. The van der Waals surface area contributed by atoms with Crippen LogP contribution in [0.25, 0.3) is 0 Å². The van der Waals surface area contributed by atoms with Gasteiger partial charge in [-0.05, 0) is 66.1 Å². The number of hydrogen-bond donors (Lipinski definition) is 1. The lowest BCUT2D eigenvalue weighted by molar-refractivity contribution is -0.140. The van der Waals surface area contributed by atoms with Crippen molar-refractivity contribution >= 4 is 23.2 Å². The Morgan fingerprint density at radius 1 is 1.03 bits per heavy atom. The van der Waals surface area contributed by atoms with Crippen molar-refractivity contribution in [1.82, 2.24) is 10.2 Å². The van der Waals surface area contributed by atoms with Crippen LogP contribution in [0.4, 0.5) is 4.39 Å². The van der Waals surface area contributed by atoms with Crippen LogP contribution in [0.15, 0.2) is 60.0 Å². The zero-order valence-electron chi connectivity index (χ0n) is 22.0. The van der Waals surface area contributed by atoms with E-state index < -0.39 is 6.04 Å². The second-order valence-electron chi connectivity index (χ2n) is 9.58. The number of carbonyl (C=O) groups is 2. The first-order valence-corrected chi connectivity index (χ1v) is 13.9. The van der Waals surface area contributed by atoms with Gasteiger partial charge in [-0.2, -0.15) is 0 Å².